The predicted octanol–water partition coefficient (Wildman–Crippen LogP) is 10.2. The van der Waals surface area contributed by atoms with Crippen molar-refractivity contribution in [1.29, 1.82) is 0 Å². The van der Waals surface area contributed by atoms with E-state index in [-0.39, 0.29) is 54.6 Å². The molecule has 4 nitrogen and oxygen atoms in total. The summed E-state index contributed by atoms with van der Waals surface area (Å²) >= 11 is 0. The Morgan fingerprint density at radius 2 is 1.31 bits per heavy atom. The Hall–Kier alpha value is -3.95. The number of ether oxygens (including phenoxy) is 3. The summed E-state index contributed by atoms with van der Waals surface area (Å²) in [6, 6.07) is 7.14. The minimum Gasteiger partial charge on any atom is -0.490 e. The number of unbranched alkanes of at least 4 members (excludes halogenated alkanes) is 4. The summed E-state index contributed by atoms with van der Waals surface area (Å²) in [5.74, 6) is -10.9. The third-order valence-corrected chi connectivity index (χ3v) is 7.80. The van der Waals surface area contributed by atoms with Crippen LogP contribution in [-0.4, -0.2) is 19.2 Å². The van der Waals surface area contributed by atoms with Crippen molar-refractivity contribution < 1.29 is 45.3 Å². The lowest BCUT2D eigenvalue weighted by Crippen LogP contribution is -2.14. The van der Waals surface area contributed by atoms with Crippen molar-refractivity contribution in [3.63, 3.8) is 0 Å². The first kappa shape index (κ1) is 33.9. The maximum absolute atomic E-state index is 15.1. The fourth-order valence-corrected chi connectivity index (χ4v) is 5.19. The van der Waals surface area contributed by atoms with Gasteiger partial charge in [-0.25, -0.2) is 18.0 Å². The average Bonchev–Trinajstić information content (AvgIpc) is 3.04. The van der Waals surface area contributed by atoms with E-state index < -0.39 is 52.2 Å². The van der Waals surface area contributed by atoms with Gasteiger partial charge in [-0.05, 0) is 79.5 Å². The van der Waals surface area contributed by atoms with Crippen LogP contribution in [0.5, 0.6) is 17.2 Å². The lowest BCUT2D eigenvalue weighted by atomic mass is 9.82. The van der Waals surface area contributed by atoms with E-state index in [1.807, 2.05) is 13.8 Å². The number of esters is 1. The molecule has 0 spiro atoms. The molecule has 0 aromatic heterocycles. The molecule has 0 saturated heterocycles. The summed E-state index contributed by atoms with van der Waals surface area (Å²) in [5.41, 5.74) is -0.274. The number of allylic oxidation sites excluding steroid dienone is 2. The molecule has 0 N–H and O–H groups in total. The van der Waals surface area contributed by atoms with E-state index in [9.17, 15) is 26.7 Å². The highest BCUT2D eigenvalue weighted by atomic mass is 19.2. The van der Waals surface area contributed by atoms with Crippen LogP contribution in [0.3, 0.4) is 0 Å². The van der Waals surface area contributed by atoms with Gasteiger partial charge in [0.05, 0.1) is 18.8 Å². The molecular formula is C35H36F6O4. The van der Waals surface area contributed by atoms with E-state index >= 15 is 4.39 Å². The van der Waals surface area contributed by atoms with Gasteiger partial charge < -0.3 is 14.2 Å². The molecule has 45 heavy (non-hydrogen) atoms. The molecule has 242 valence electrons. The number of hydrogen-bond acceptors (Lipinski definition) is 4. The zero-order valence-electron chi connectivity index (χ0n) is 25.3. The Morgan fingerprint density at radius 1 is 0.689 bits per heavy atom. The first-order valence-electron chi connectivity index (χ1n) is 15.3. The Morgan fingerprint density at radius 3 is 1.98 bits per heavy atom. The van der Waals surface area contributed by atoms with Crippen LogP contribution in [0, 0.1) is 34.9 Å². The second kappa shape index (κ2) is 15.9. The molecule has 0 bridgehead atoms. The molecule has 10 heteroatoms. The van der Waals surface area contributed by atoms with E-state index in [2.05, 4.69) is 0 Å². The topological polar surface area (TPSA) is 44.8 Å². The summed E-state index contributed by atoms with van der Waals surface area (Å²) in [6.07, 6.45) is 7.54. The summed E-state index contributed by atoms with van der Waals surface area (Å²) in [6.45, 7) is 4.44. The van der Waals surface area contributed by atoms with Crippen LogP contribution in [0.25, 0.3) is 5.57 Å². The van der Waals surface area contributed by atoms with Gasteiger partial charge in [0, 0.05) is 5.56 Å². The lowest BCUT2D eigenvalue weighted by Gasteiger charge is -2.24. The largest absolute Gasteiger partial charge is 0.490 e. The molecule has 0 fully saturated rings. The van der Waals surface area contributed by atoms with Gasteiger partial charge in [0.25, 0.3) is 0 Å². The molecule has 3 aromatic rings. The van der Waals surface area contributed by atoms with Crippen LogP contribution >= 0.6 is 0 Å². The van der Waals surface area contributed by atoms with E-state index in [4.69, 9.17) is 14.2 Å². The van der Waals surface area contributed by atoms with Crippen molar-refractivity contribution in [2.45, 2.75) is 77.6 Å². The molecular weight excluding hydrogens is 598 g/mol. The Labute approximate surface area is 259 Å². The van der Waals surface area contributed by atoms with Crippen molar-refractivity contribution in [3.05, 3.63) is 94.1 Å². The highest BCUT2D eigenvalue weighted by Gasteiger charge is 2.27. The van der Waals surface area contributed by atoms with Gasteiger partial charge in [0.15, 0.2) is 34.7 Å². The normalized spacial score (nSPS) is 14.7. The zero-order valence-corrected chi connectivity index (χ0v) is 25.3. The average molecular weight is 635 g/mol. The van der Waals surface area contributed by atoms with Crippen molar-refractivity contribution >= 4 is 11.5 Å². The molecule has 1 aliphatic rings. The van der Waals surface area contributed by atoms with Crippen molar-refractivity contribution in [2.24, 2.45) is 0 Å². The maximum atomic E-state index is 15.1. The van der Waals surface area contributed by atoms with Gasteiger partial charge in [0.1, 0.15) is 0 Å². The molecule has 3 aromatic carbocycles. The van der Waals surface area contributed by atoms with Gasteiger partial charge in [-0.2, -0.15) is 13.2 Å². The van der Waals surface area contributed by atoms with Gasteiger partial charge in [-0.3, -0.25) is 0 Å². The van der Waals surface area contributed by atoms with E-state index in [0.29, 0.717) is 24.8 Å². The van der Waals surface area contributed by atoms with E-state index in [0.717, 1.165) is 43.9 Å². The van der Waals surface area contributed by atoms with Crippen LogP contribution in [0.1, 0.15) is 99.0 Å². The van der Waals surface area contributed by atoms with Crippen LogP contribution in [0.2, 0.25) is 0 Å². The highest BCUT2D eigenvalue weighted by molar-refractivity contribution is 5.91. The minimum atomic E-state index is -1.53. The molecule has 4 rings (SSSR count). The maximum Gasteiger partial charge on any atom is 0.346 e. The number of hydrogen-bond donors (Lipinski definition) is 0. The van der Waals surface area contributed by atoms with Gasteiger partial charge >= 0.3 is 5.97 Å². The number of carbonyl (C=O) groups excluding carboxylic acids is 1. The van der Waals surface area contributed by atoms with E-state index in [1.54, 1.807) is 6.08 Å². The fraction of sp³-hybridized carbons (Fsp3) is 0.400. The van der Waals surface area contributed by atoms with Crippen molar-refractivity contribution in [1.82, 2.24) is 0 Å². The molecule has 0 amide bonds. The standard InChI is InChI=1S/C35H36F6O4/c1-3-5-7-8-20-44-27-17-15-25(31(38)33(27)40)35(42)45-28-18-14-24(30(37)34(28)41)22-11-9-21(10-12-22)23-13-16-26(32(39)29(23)36)43-19-6-4-2/h11,13-18,21H,3-10,12,19-20H2,1-2H3. The number of carbonyl (C=O) groups is 1. The van der Waals surface area contributed by atoms with Crippen molar-refractivity contribution in [2.75, 3.05) is 13.2 Å². The second-order valence-electron chi connectivity index (χ2n) is 11.0. The Balaban J connectivity index is 1.42. The van der Waals surface area contributed by atoms with Crippen LogP contribution in [0.15, 0.2) is 42.5 Å². The summed E-state index contributed by atoms with van der Waals surface area (Å²) < 4.78 is 104. The van der Waals surface area contributed by atoms with Crippen molar-refractivity contribution in [3.8, 4) is 17.2 Å². The first-order chi connectivity index (χ1) is 21.7. The van der Waals surface area contributed by atoms with Crippen LogP contribution in [0.4, 0.5) is 26.3 Å². The van der Waals surface area contributed by atoms with E-state index in [1.165, 1.54) is 18.2 Å². The van der Waals surface area contributed by atoms with Crippen LogP contribution in [-0.2, 0) is 0 Å². The number of rotatable bonds is 14. The minimum absolute atomic E-state index is 0.0882. The SMILES string of the molecule is CCCCCCOc1ccc(C(=O)Oc2ccc(C3=CCC(c4ccc(OCCCC)c(F)c4F)CC3)c(F)c2F)c(F)c1F. The van der Waals surface area contributed by atoms with Crippen LogP contribution < -0.4 is 14.2 Å². The third kappa shape index (κ3) is 8.02. The van der Waals surface area contributed by atoms with Gasteiger partial charge in [0.2, 0.25) is 17.5 Å². The predicted molar refractivity (Wildman–Crippen MR) is 159 cm³/mol. The fourth-order valence-electron chi connectivity index (χ4n) is 5.19. The molecule has 0 saturated carbocycles. The first-order valence-corrected chi connectivity index (χ1v) is 15.3. The van der Waals surface area contributed by atoms with Gasteiger partial charge in [-0.15, -0.1) is 0 Å². The zero-order chi connectivity index (χ0) is 32.5. The molecule has 1 unspecified atom stereocenters. The summed E-state index contributed by atoms with van der Waals surface area (Å²) in [5, 5.41) is 0. The summed E-state index contributed by atoms with van der Waals surface area (Å²) in [7, 11) is 0. The Bertz CT molecular complexity index is 1540. The number of benzene rings is 3. The molecule has 0 heterocycles. The smallest absolute Gasteiger partial charge is 0.346 e. The third-order valence-electron chi connectivity index (χ3n) is 7.80. The second-order valence-corrected chi connectivity index (χ2v) is 11.0. The molecule has 0 radical (unpaired) electrons. The lowest BCUT2D eigenvalue weighted by molar-refractivity contribution is 0.0720. The molecule has 1 atom stereocenters. The number of halogens is 6. The Kier molecular flexibility index (Phi) is 12.0. The quantitative estimate of drug-likeness (QED) is 0.0766. The highest BCUT2D eigenvalue weighted by Crippen LogP contribution is 2.40. The molecule has 1 aliphatic carbocycles. The monoisotopic (exact) mass is 634 g/mol. The van der Waals surface area contributed by atoms with Gasteiger partial charge in [-0.1, -0.05) is 51.7 Å². The molecule has 0 aliphatic heterocycles. The summed E-state index contributed by atoms with van der Waals surface area (Å²) in [4.78, 5) is 12.6.